The molecule has 2 heterocycles. The fraction of sp³-hybridized carbons (Fsp3) is 0.353. The Morgan fingerprint density at radius 2 is 2.05 bits per heavy atom. The molecule has 1 aliphatic heterocycles. The van der Waals surface area contributed by atoms with E-state index in [1.54, 1.807) is 10.9 Å². The molecule has 1 N–H and O–H groups in total. The monoisotopic (exact) mass is 282 g/mol. The van der Waals surface area contributed by atoms with E-state index < -0.39 is 0 Å². The quantitative estimate of drug-likeness (QED) is 0.883. The molecule has 0 bridgehead atoms. The van der Waals surface area contributed by atoms with Gasteiger partial charge in [0, 0.05) is 36.7 Å². The second-order valence-corrected chi connectivity index (χ2v) is 5.51. The van der Waals surface area contributed by atoms with Gasteiger partial charge in [-0.3, -0.25) is 4.90 Å². The molecule has 1 aromatic heterocycles. The fourth-order valence-corrected chi connectivity index (χ4v) is 2.78. The van der Waals surface area contributed by atoms with Crippen molar-refractivity contribution < 1.29 is 0 Å². The second-order valence-electron chi connectivity index (χ2n) is 5.51. The molecular formula is C17H22N4. The molecule has 0 radical (unpaired) electrons. The maximum Gasteiger partial charge on any atom is 0.0543 e. The highest BCUT2D eigenvalue weighted by atomic mass is 15.2. The standard InChI is InChI=1S/C17H22N4/c1-2-21-13-15(12-19-21)11-18-17-8-4-3-7-16(17)14-20-9-5-6-10-20/h2-4,7-8,12-13,18H,1,5-6,9-11,14H2. The number of likely N-dealkylation sites (tertiary alicyclic amines) is 1. The maximum absolute atomic E-state index is 4.20. The molecule has 110 valence electrons. The molecule has 0 aliphatic carbocycles. The largest absolute Gasteiger partial charge is 0.381 e. The number of nitrogens with zero attached hydrogens (tertiary/aromatic N) is 3. The van der Waals surface area contributed by atoms with Gasteiger partial charge in [0.05, 0.1) is 6.20 Å². The highest BCUT2D eigenvalue weighted by molar-refractivity contribution is 5.51. The van der Waals surface area contributed by atoms with Crippen LogP contribution < -0.4 is 5.32 Å². The highest BCUT2D eigenvalue weighted by Crippen LogP contribution is 2.20. The lowest BCUT2D eigenvalue weighted by atomic mass is 10.1. The first-order chi connectivity index (χ1) is 10.3. The van der Waals surface area contributed by atoms with Crippen LogP contribution in [0.1, 0.15) is 24.0 Å². The molecule has 1 aromatic carbocycles. The normalized spacial score (nSPS) is 15.2. The summed E-state index contributed by atoms with van der Waals surface area (Å²) in [6.45, 7) is 7.97. The maximum atomic E-state index is 4.20. The van der Waals surface area contributed by atoms with Crippen LogP contribution in [0.4, 0.5) is 5.69 Å². The van der Waals surface area contributed by atoms with Crippen LogP contribution in [-0.4, -0.2) is 27.8 Å². The van der Waals surface area contributed by atoms with Crippen molar-refractivity contribution in [3.63, 3.8) is 0 Å². The predicted octanol–water partition coefficient (Wildman–Crippen LogP) is 3.19. The Bertz CT molecular complexity index is 596. The van der Waals surface area contributed by atoms with Crippen LogP contribution in [0.3, 0.4) is 0 Å². The fourth-order valence-electron chi connectivity index (χ4n) is 2.78. The predicted molar refractivity (Wildman–Crippen MR) is 86.9 cm³/mol. The number of nitrogens with one attached hydrogen (secondary N) is 1. The first-order valence-corrected chi connectivity index (χ1v) is 7.55. The number of rotatable bonds is 6. The average molecular weight is 282 g/mol. The van der Waals surface area contributed by atoms with Crippen molar-refractivity contribution in [3.05, 3.63) is 54.4 Å². The van der Waals surface area contributed by atoms with Gasteiger partial charge >= 0.3 is 0 Å². The van der Waals surface area contributed by atoms with E-state index in [1.807, 2.05) is 12.4 Å². The summed E-state index contributed by atoms with van der Waals surface area (Å²) >= 11 is 0. The number of hydrogen-bond donors (Lipinski definition) is 1. The van der Waals surface area contributed by atoms with Crippen molar-refractivity contribution in [3.8, 4) is 0 Å². The second kappa shape index (κ2) is 6.59. The van der Waals surface area contributed by atoms with E-state index in [0.29, 0.717) is 0 Å². The van der Waals surface area contributed by atoms with E-state index in [1.165, 1.54) is 37.2 Å². The van der Waals surface area contributed by atoms with Crippen molar-refractivity contribution in [1.29, 1.82) is 0 Å². The van der Waals surface area contributed by atoms with Crippen LogP contribution in [0.5, 0.6) is 0 Å². The zero-order chi connectivity index (χ0) is 14.5. The van der Waals surface area contributed by atoms with E-state index in [0.717, 1.165) is 18.7 Å². The van der Waals surface area contributed by atoms with Gasteiger partial charge in [-0.2, -0.15) is 5.10 Å². The molecule has 4 heteroatoms. The van der Waals surface area contributed by atoms with E-state index in [4.69, 9.17) is 0 Å². The Hall–Kier alpha value is -2.07. The van der Waals surface area contributed by atoms with Crippen LogP contribution >= 0.6 is 0 Å². The minimum absolute atomic E-state index is 0.783. The number of benzene rings is 1. The molecule has 2 aromatic rings. The summed E-state index contributed by atoms with van der Waals surface area (Å²) in [7, 11) is 0. The lowest BCUT2D eigenvalue weighted by molar-refractivity contribution is 0.332. The molecule has 3 rings (SSSR count). The number of anilines is 1. The van der Waals surface area contributed by atoms with Crippen molar-refractivity contribution in [2.45, 2.75) is 25.9 Å². The molecule has 0 atom stereocenters. The van der Waals surface area contributed by atoms with Crippen LogP contribution in [0.25, 0.3) is 6.20 Å². The van der Waals surface area contributed by atoms with Gasteiger partial charge in [0.1, 0.15) is 0 Å². The molecule has 0 unspecified atom stereocenters. The zero-order valence-corrected chi connectivity index (χ0v) is 12.3. The van der Waals surface area contributed by atoms with Gasteiger partial charge in [-0.05, 0) is 37.6 Å². The van der Waals surface area contributed by atoms with Crippen molar-refractivity contribution in [2.75, 3.05) is 18.4 Å². The first-order valence-electron chi connectivity index (χ1n) is 7.55. The highest BCUT2D eigenvalue weighted by Gasteiger charge is 2.13. The van der Waals surface area contributed by atoms with Crippen LogP contribution in [0.15, 0.2) is 43.2 Å². The molecule has 0 saturated carbocycles. The Kier molecular flexibility index (Phi) is 4.36. The third-order valence-corrected chi connectivity index (χ3v) is 3.94. The van der Waals surface area contributed by atoms with Crippen molar-refractivity contribution in [2.24, 2.45) is 0 Å². The SMILES string of the molecule is C=Cn1cc(CNc2ccccc2CN2CCCC2)cn1. The summed E-state index contributed by atoms with van der Waals surface area (Å²) in [5.74, 6) is 0. The van der Waals surface area contributed by atoms with Crippen molar-refractivity contribution >= 4 is 11.9 Å². The minimum atomic E-state index is 0.783. The lowest BCUT2D eigenvalue weighted by Crippen LogP contribution is -2.19. The smallest absolute Gasteiger partial charge is 0.0543 e. The summed E-state index contributed by atoms with van der Waals surface area (Å²) in [6, 6.07) is 8.58. The van der Waals surface area contributed by atoms with E-state index >= 15 is 0 Å². The van der Waals surface area contributed by atoms with E-state index in [2.05, 4.69) is 46.2 Å². The Labute approximate surface area is 126 Å². The van der Waals surface area contributed by atoms with E-state index in [9.17, 15) is 0 Å². The Morgan fingerprint density at radius 3 is 2.81 bits per heavy atom. The molecule has 1 aliphatic rings. The summed E-state index contributed by atoms with van der Waals surface area (Å²) in [5.41, 5.74) is 3.75. The van der Waals surface area contributed by atoms with E-state index in [-0.39, 0.29) is 0 Å². The van der Waals surface area contributed by atoms with Crippen molar-refractivity contribution in [1.82, 2.24) is 14.7 Å². The zero-order valence-electron chi connectivity index (χ0n) is 12.3. The van der Waals surface area contributed by atoms with Gasteiger partial charge < -0.3 is 5.32 Å². The molecule has 0 amide bonds. The van der Waals surface area contributed by atoms with Crippen LogP contribution in [-0.2, 0) is 13.1 Å². The number of para-hydroxylation sites is 1. The lowest BCUT2D eigenvalue weighted by Gasteiger charge is -2.18. The van der Waals surface area contributed by atoms with Gasteiger partial charge in [0.25, 0.3) is 0 Å². The Morgan fingerprint density at radius 1 is 1.24 bits per heavy atom. The summed E-state index contributed by atoms with van der Waals surface area (Å²) in [5, 5.41) is 7.73. The van der Waals surface area contributed by atoms with Gasteiger partial charge in [0.15, 0.2) is 0 Å². The number of aromatic nitrogens is 2. The molecule has 21 heavy (non-hydrogen) atoms. The average Bonchev–Trinajstić information content (AvgIpc) is 3.17. The summed E-state index contributed by atoms with van der Waals surface area (Å²) in [6.07, 6.45) is 8.22. The van der Waals surface area contributed by atoms with Gasteiger partial charge in [-0.25, -0.2) is 4.68 Å². The molecule has 4 nitrogen and oxygen atoms in total. The topological polar surface area (TPSA) is 33.1 Å². The molecule has 1 saturated heterocycles. The van der Waals surface area contributed by atoms with Gasteiger partial charge in [0.2, 0.25) is 0 Å². The van der Waals surface area contributed by atoms with Crippen LogP contribution in [0, 0.1) is 0 Å². The first kappa shape index (κ1) is 13.9. The minimum Gasteiger partial charge on any atom is -0.381 e. The van der Waals surface area contributed by atoms with Gasteiger partial charge in [-0.15, -0.1) is 0 Å². The molecule has 1 fully saturated rings. The number of hydrogen-bond acceptors (Lipinski definition) is 3. The molecule has 0 spiro atoms. The van der Waals surface area contributed by atoms with Gasteiger partial charge in [-0.1, -0.05) is 24.8 Å². The van der Waals surface area contributed by atoms with Crippen LogP contribution in [0.2, 0.25) is 0 Å². The summed E-state index contributed by atoms with van der Waals surface area (Å²) < 4.78 is 1.73. The molecular weight excluding hydrogens is 260 g/mol. The third kappa shape index (κ3) is 3.52. The summed E-state index contributed by atoms with van der Waals surface area (Å²) in [4.78, 5) is 2.52. The third-order valence-electron chi connectivity index (χ3n) is 3.94. The Balaban J connectivity index is 1.65.